The lowest BCUT2D eigenvalue weighted by atomic mass is 10.1. The minimum Gasteiger partial charge on any atom is -0.492 e. The highest BCUT2D eigenvalue weighted by Crippen LogP contribution is 2.30. The van der Waals surface area contributed by atoms with Crippen molar-refractivity contribution >= 4 is 39.1 Å². The second-order valence-corrected chi connectivity index (χ2v) is 10.5. The molecule has 0 fully saturated rings. The van der Waals surface area contributed by atoms with Crippen LogP contribution < -0.4 is 14.4 Å². The fraction of sp³-hybridized carbons (Fsp3) is 0.440. The molecule has 0 heterocycles. The second-order valence-electron chi connectivity index (χ2n) is 8.14. The maximum absolute atomic E-state index is 13.6. The maximum Gasteiger partial charge on any atom is 0.244 e. The standard InChI is InChI=1S/C25H34ClN3O5S/c1-5-7-15-27-25(31)19(3)28(17-20-11-10-12-21(26)16-20)24(30)18-29(35(4,32)33)22-13-8-9-14-23(22)34-6-2/h8-14,16,19H,5-7,15,17-18H2,1-4H3,(H,27,31). The molecule has 1 unspecified atom stereocenters. The number of benzene rings is 2. The number of halogens is 1. The lowest BCUT2D eigenvalue weighted by Crippen LogP contribution is -2.51. The van der Waals surface area contributed by atoms with Crippen molar-refractivity contribution < 1.29 is 22.7 Å². The van der Waals surface area contributed by atoms with Crippen LogP contribution in [0.1, 0.15) is 39.2 Å². The molecule has 0 radical (unpaired) electrons. The molecule has 0 aliphatic heterocycles. The van der Waals surface area contributed by atoms with E-state index in [1.165, 1.54) is 4.90 Å². The number of hydrogen-bond donors (Lipinski definition) is 1. The Morgan fingerprint density at radius 2 is 1.83 bits per heavy atom. The van der Waals surface area contributed by atoms with E-state index >= 15 is 0 Å². The van der Waals surface area contributed by atoms with Gasteiger partial charge in [-0.2, -0.15) is 0 Å². The molecule has 1 N–H and O–H groups in total. The van der Waals surface area contributed by atoms with Crippen molar-refractivity contribution in [3.63, 3.8) is 0 Å². The van der Waals surface area contributed by atoms with Gasteiger partial charge in [-0.1, -0.05) is 49.2 Å². The van der Waals surface area contributed by atoms with E-state index in [-0.39, 0.29) is 18.1 Å². The minimum atomic E-state index is -3.85. The number of rotatable bonds is 13. The number of amides is 2. The highest BCUT2D eigenvalue weighted by Gasteiger charge is 2.31. The van der Waals surface area contributed by atoms with Crippen LogP contribution in [-0.2, 0) is 26.2 Å². The van der Waals surface area contributed by atoms with E-state index < -0.39 is 28.5 Å². The van der Waals surface area contributed by atoms with Crippen LogP contribution in [0, 0.1) is 0 Å². The monoisotopic (exact) mass is 523 g/mol. The predicted molar refractivity (Wildman–Crippen MR) is 139 cm³/mol. The summed E-state index contributed by atoms with van der Waals surface area (Å²) in [7, 11) is -3.85. The fourth-order valence-corrected chi connectivity index (χ4v) is 4.55. The maximum atomic E-state index is 13.6. The third kappa shape index (κ3) is 8.43. The van der Waals surface area contributed by atoms with Crippen molar-refractivity contribution in [2.45, 2.75) is 46.2 Å². The molecule has 0 bridgehead atoms. The van der Waals surface area contributed by atoms with Gasteiger partial charge in [0.2, 0.25) is 21.8 Å². The number of carbonyl (C=O) groups is 2. The van der Waals surface area contributed by atoms with Crippen LogP contribution in [0.2, 0.25) is 5.02 Å². The fourth-order valence-electron chi connectivity index (χ4n) is 3.49. The lowest BCUT2D eigenvalue weighted by molar-refractivity contribution is -0.139. The third-order valence-electron chi connectivity index (χ3n) is 5.35. The number of ether oxygens (including phenoxy) is 1. The van der Waals surface area contributed by atoms with Gasteiger partial charge in [0.25, 0.3) is 0 Å². The summed E-state index contributed by atoms with van der Waals surface area (Å²) in [4.78, 5) is 27.8. The summed E-state index contributed by atoms with van der Waals surface area (Å²) in [6.45, 7) is 5.86. The average molecular weight is 524 g/mol. The number of nitrogens with zero attached hydrogens (tertiary/aromatic N) is 2. The Hall–Kier alpha value is -2.78. The highest BCUT2D eigenvalue weighted by molar-refractivity contribution is 7.92. The van der Waals surface area contributed by atoms with E-state index in [4.69, 9.17) is 16.3 Å². The number of sulfonamides is 1. The lowest BCUT2D eigenvalue weighted by Gasteiger charge is -2.32. The number of hydrogen-bond acceptors (Lipinski definition) is 5. The van der Waals surface area contributed by atoms with E-state index in [0.717, 1.165) is 29.0 Å². The van der Waals surface area contributed by atoms with Gasteiger partial charge in [0.1, 0.15) is 18.3 Å². The van der Waals surface area contributed by atoms with Gasteiger partial charge in [-0.25, -0.2) is 8.42 Å². The molecule has 1 atom stereocenters. The molecule has 2 aromatic rings. The van der Waals surface area contributed by atoms with Crippen molar-refractivity contribution in [2.75, 3.05) is 30.3 Å². The molecular formula is C25H34ClN3O5S. The number of anilines is 1. The summed E-state index contributed by atoms with van der Waals surface area (Å²) in [6.07, 6.45) is 2.77. The Morgan fingerprint density at radius 3 is 2.46 bits per heavy atom. The van der Waals surface area contributed by atoms with Crippen LogP contribution in [0.3, 0.4) is 0 Å². The van der Waals surface area contributed by atoms with Crippen molar-refractivity contribution in [1.82, 2.24) is 10.2 Å². The quantitative estimate of drug-likeness (QED) is 0.402. The zero-order valence-corrected chi connectivity index (χ0v) is 22.2. The van der Waals surface area contributed by atoms with Crippen molar-refractivity contribution in [3.05, 3.63) is 59.1 Å². The van der Waals surface area contributed by atoms with Crippen molar-refractivity contribution in [1.29, 1.82) is 0 Å². The van der Waals surface area contributed by atoms with E-state index in [2.05, 4.69) is 5.32 Å². The van der Waals surface area contributed by atoms with Gasteiger partial charge < -0.3 is 15.0 Å². The molecule has 2 amide bonds. The molecule has 10 heteroatoms. The molecule has 8 nitrogen and oxygen atoms in total. The highest BCUT2D eigenvalue weighted by atomic mass is 35.5. The molecule has 0 saturated carbocycles. The van der Waals surface area contributed by atoms with Gasteiger partial charge in [-0.05, 0) is 50.1 Å². The number of nitrogens with one attached hydrogen (secondary N) is 1. The molecule has 2 rings (SSSR count). The van der Waals surface area contributed by atoms with Crippen LogP contribution in [0.5, 0.6) is 5.75 Å². The zero-order chi connectivity index (χ0) is 26.0. The average Bonchev–Trinajstić information content (AvgIpc) is 2.80. The normalized spacial score (nSPS) is 12.0. The van der Waals surface area contributed by atoms with Crippen molar-refractivity contribution in [3.8, 4) is 5.75 Å². The van der Waals surface area contributed by atoms with Gasteiger partial charge in [0, 0.05) is 18.1 Å². The first-order valence-electron chi connectivity index (χ1n) is 11.6. The van der Waals surface area contributed by atoms with Crippen molar-refractivity contribution in [2.24, 2.45) is 0 Å². The molecule has 0 aromatic heterocycles. The number of unbranched alkanes of at least 4 members (excludes halogenated alkanes) is 1. The van der Waals surface area contributed by atoms with Crippen LogP contribution >= 0.6 is 11.6 Å². The summed E-state index contributed by atoms with van der Waals surface area (Å²) >= 11 is 6.12. The van der Waals surface area contributed by atoms with Gasteiger partial charge >= 0.3 is 0 Å². The zero-order valence-electron chi connectivity index (χ0n) is 20.7. The Balaban J connectivity index is 2.39. The SMILES string of the molecule is CCCCNC(=O)C(C)N(Cc1cccc(Cl)c1)C(=O)CN(c1ccccc1OCC)S(C)(=O)=O. The third-order valence-corrected chi connectivity index (χ3v) is 6.71. The van der Waals surface area contributed by atoms with E-state index in [1.54, 1.807) is 62.4 Å². The van der Waals surface area contributed by atoms with Crippen LogP contribution in [0.25, 0.3) is 0 Å². The number of para-hydroxylation sites is 2. The summed E-state index contributed by atoms with van der Waals surface area (Å²) in [5.74, 6) is -0.491. The Kier molecular flexibility index (Phi) is 10.9. The van der Waals surface area contributed by atoms with Gasteiger partial charge in [0.15, 0.2) is 0 Å². The van der Waals surface area contributed by atoms with Crippen LogP contribution in [-0.4, -0.2) is 57.1 Å². The minimum absolute atomic E-state index is 0.0897. The summed E-state index contributed by atoms with van der Waals surface area (Å²) in [6, 6.07) is 12.8. The summed E-state index contributed by atoms with van der Waals surface area (Å²) in [5.41, 5.74) is 0.979. The van der Waals surface area contributed by atoms with Gasteiger partial charge in [-0.15, -0.1) is 0 Å². The molecular weight excluding hydrogens is 490 g/mol. The summed E-state index contributed by atoms with van der Waals surface area (Å²) in [5, 5.41) is 3.34. The predicted octanol–water partition coefficient (Wildman–Crippen LogP) is 3.84. The smallest absolute Gasteiger partial charge is 0.244 e. The molecule has 0 aliphatic carbocycles. The number of carbonyl (C=O) groups excluding carboxylic acids is 2. The van der Waals surface area contributed by atoms with Crippen LogP contribution in [0.15, 0.2) is 48.5 Å². The molecule has 0 aliphatic rings. The molecule has 0 saturated heterocycles. The Labute approximate surface area is 213 Å². The topological polar surface area (TPSA) is 96.0 Å². The first kappa shape index (κ1) is 28.5. The van der Waals surface area contributed by atoms with E-state index in [0.29, 0.717) is 23.9 Å². The van der Waals surface area contributed by atoms with E-state index in [1.807, 2.05) is 6.92 Å². The molecule has 192 valence electrons. The first-order valence-corrected chi connectivity index (χ1v) is 13.8. The largest absolute Gasteiger partial charge is 0.492 e. The second kappa shape index (κ2) is 13.3. The van der Waals surface area contributed by atoms with Gasteiger partial charge in [0.05, 0.1) is 18.6 Å². The first-order chi connectivity index (χ1) is 16.6. The van der Waals surface area contributed by atoms with Crippen LogP contribution in [0.4, 0.5) is 5.69 Å². The Morgan fingerprint density at radius 1 is 1.11 bits per heavy atom. The molecule has 2 aromatic carbocycles. The van der Waals surface area contributed by atoms with E-state index in [9.17, 15) is 18.0 Å². The van der Waals surface area contributed by atoms with Gasteiger partial charge in [-0.3, -0.25) is 13.9 Å². The summed E-state index contributed by atoms with van der Waals surface area (Å²) < 4.78 is 32.1. The molecule has 35 heavy (non-hydrogen) atoms. The molecule has 0 spiro atoms. The Bertz CT molecular complexity index is 1110.